The van der Waals surface area contributed by atoms with Crippen molar-refractivity contribution < 1.29 is 14.5 Å². The average molecular weight is 332 g/mol. The number of carbonyl (C=O) groups is 1. The van der Waals surface area contributed by atoms with E-state index in [1.54, 1.807) is 35.3 Å². The molecule has 0 fully saturated rings. The summed E-state index contributed by atoms with van der Waals surface area (Å²) in [5.74, 6) is 0.272. The molecule has 1 aromatic carbocycles. The molecule has 7 heteroatoms. The highest BCUT2D eigenvalue weighted by Gasteiger charge is 2.22. The molecule has 2 heterocycles. The van der Waals surface area contributed by atoms with Crippen molar-refractivity contribution in [1.82, 2.24) is 4.90 Å². The number of thiophene rings is 1. The van der Waals surface area contributed by atoms with Gasteiger partial charge in [-0.2, -0.15) is 0 Å². The fourth-order valence-electron chi connectivity index (χ4n) is 2.65. The van der Waals surface area contributed by atoms with Crippen molar-refractivity contribution in [3.63, 3.8) is 0 Å². The van der Waals surface area contributed by atoms with Crippen molar-refractivity contribution in [2.24, 2.45) is 0 Å². The number of rotatable bonds is 4. The van der Waals surface area contributed by atoms with Gasteiger partial charge < -0.3 is 9.64 Å². The molecule has 23 heavy (non-hydrogen) atoms. The number of nitrogens with zero attached hydrogens (tertiary/aromatic N) is 2. The fraction of sp³-hybridized carbons (Fsp3) is 0.312. The maximum absolute atomic E-state index is 12.3. The van der Waals surface area contributed by atoms with Crippen LogP contribution in [0.5, 0.6) is 5.75 Å². The van der Waals surface area contributed by atoms with Gasteiger partial charge in [-0.3, -0.25) is 14.9 Å². The van der Waals surface area contributed by atoms with E-state index in [-0.39, 0.29) is 18.2 Å². The average Bonchev–Trinajstić information content (AvgIpc) is 3.00. The summed E-state index contributed by atoms with van der Waals surface area (Å²) in [5.41, 5.74) is 1.63. The van der Waals surface area contributed by atoms with Crippen LogP contribution in [-0.4, -0.2) is 28.9 Å². The number of nitro groups is 1. The molecule has 120 valence electrons. The first-order valence-electron chi connectivity index (χ1n) is 7.26. The van der Waals surface area contributed by atoms with Crippen LogP contribution in [-0.2, 0) is 17.8 Å². The number of hydrogen-bond donors (Lipinski definition) is 0. The maximum atomic E-state index is 12.3. The minimum atomic E-state index is -0.452. The van der Waals surface area contributed by atoms with Crippen molar-refractivity contribution in [3.05, 3.63) is 55.8 Å². The molecule has 0 N–H and O–H groups in total. The molecule has 0 radical (unpaired) electrons. The molecule has 0 saturated heterocycles. The second kappa shape index (κ2) is 6.37. The van der Waals surface area contributed by atoms with Gasteiger partial charge in [-0.15, -0.1) is 11.3 Å². The van der Waals surface area contributed by atoms with Crippen LogP contribution in [0.3, 0.4) is 0 Å². The van der Waals surface area contributed by atoms with Gasteiger partial charge in [0, 0.05) is 24.0 Å². The monoisotopic (exact) mass is 332 g/mol. The Bertz CT molecular complexity index is 756. The van der Waals surface area contributed by atoms with Crippen LogP contribution < -0.4 is 4.74 Å². The zero-order valence-electron chi connectivity index (χ0n) is 12.7. The first-order valence-corrected chi connectivity index (χ1v) is 8.14. The number of carbonyl (C=O) groups excluding carboxylic acids is 1. The fourth-order valence-corrected chi connectivity index (χ4v) is 3.54. The molecule has 2 aromatic rings. The summed E-state index contributed by atoms with van der Waals surface area (Å²) in [6, 6.07) is 6.67. The molecule has 0 bridgehead atoms. The normalized spacial score (nSPS) is 13.5. The number of amides is 1. The third kappa shape index (κ3) is 3.19. The van der Waals surface area contributed by atoms with Crippen LogP contribution in [0.1, 0.15) is 16.0 Å². The maximum Gasteiger partial charge on any atom is 0.276 e. The van der Waals surface area contributed by atoms with Gasteiger partial charge in [-0.1, -0.05) is 6.07 Å². The van der Waals surface area contributed by atoms with Gasteiger partial charge in [0.25, 0.3) is 11.6 Å². The number of hydrogen-bond acceptors (Lipinski definition) is 5. The van der Waals surface area contributed by atoms with Crippen molar-refractivity contribution in [1.29, 1.82) is 0 Å². The Balaban J connectivity index is 1.64. The third-order valence-electron chi connectivity index (χ3n) is 3.96. The molecule has 1 amide bonds. The minimum absolute atomic E-state index is 0.00386. The predicted molar refractivity (Wildman–Crippen MR) is 86.8 cm³/mol. The summed E-state index contributed by atoms with van der Waals surface area (Å²) in [5, 5.41) is 13.0. The Morgan fingerprint density at radius 1 is 1.43 bits per heavy atom. The lowest BCUT2D eigenvalue weighted by molar-refractivity contribution is -0.385. The van der Waals surface area contributed by atoms with Crippen molar-refractivity contribution >= 4 is 22.9 Å². The molecule has 0 spiro atoms. The van der Waals surface area contributed by atoms with Gasteiger partial charge in [-0.05, 0) is 36.4 Å². The van der Waals surface area contributed by atoms with Crippen molar-refractivity contribution in [2.75, 3.05) is 13.2 Å². The van der Waals surface area contributed by atoms with E-state index in [2.05, 4.69) is 0 Å². The molecule has 6 nitrogen and oxygen atoms in total. The summed E-state index contributed by atoms with van der Waals surface area (Å²) < 4.78 is 5.52. The topological polar surface area (TPSA) is 72.7 Å². The highest BCUT2D eigenvalue weighted by molar-refractivity contribution is 7.10. The largest absolute Gasteiger partial charge is 0.483 e. The number of fused-ring (bicyclic) bond motifs is 1. The van der Waals surface area contributed by atoms with E-state index < -0.39 is 4.92 Å². The van der Waals surface area contributed by atoms with E-state index in [9.17, 15) is 14.9 Å². The standard InChI is InChI=1S/C16H16N2O4S/c1-11-13(18(20)21)3-2-4-14(11)22-10-16(19)17-7-5-15-12(9-17)6-8-23-15/h2-4,6,8H,5,7,9-10H2,1H3. The second-order valence-electron chi connectivity index (χ2n) is 5.38. The number of nitro benzene ring substituents is 1. The van der Waals surface area contributed by atoms with Crippen LogP contribution in [0.15, 0.2) is 29.6 Å². The Morgan fingerprint density at radius 2 is 2.26 bits per heavy atom. The van der Waals surface area contributed by atoms with Crippen LogP contribution in [0.4, 0.5) is 5.69 Å². The lowest BCUT2D eigenvalue weighted by atomic mass is 10.1. The molecular formula is C16H16N2O4S. The van der Waals surface area contributed by atoms with Gasteiger partial charge in [0.15, 0.2) is 6.61 Å². The molecule has 3 rings (SSSR count). The van der Waals surface area contributed by atoms with Crippen LogP contribution in [0.25, 0.3) is 0 Å². The van der Waals surface area contributed by atoms with Gasteiger partial charge >= 0.3 is 0 Å². The summed E-state index contributed by atoms with van der Waals surface area (Å²) in [6.45, 7) is 2.80. The molecule has 1 aromatic heterocycles. The van der Waals surface area contributed by atoms with Gasteiger partial charge in [0.2, 0.25) is 0 Å². The Hall–Kier alpha value is -2.41. The van der Waals surface area contributed by atoms with Gasteiger partial charge in [0.05, 0.1) is 10.5 Å². The lowest BCUT2D eigenvalue weighted by Gasteiger charge is -2.27. The van der Waals surface area contributed by atoms with E-state index in [1.807, 2.05) is 11.4 Å². The van der Waals surface area contributed by atoms with E-state index in [0.717, 1.165) is 6.42 Å². The van der Waals surface area contributed by atoms with E-state index >= 15 is 0 Å². The number of ether oxygens (including phenoxy) is 1. The van der Waals surface area contributed by atoms with E-state index in [0.29, 0.717) is 24.4 Å². The summed E-state index contributed by atoms with van der Waals surface area (Å²) >= 11 is 1.72. The zero-order chi connectivity index (χ0) is 16.4. The van der Waals surface area contributed by atoms with Crippen molar-refractivity contribution in [3.8, 4) is 5.75 Å². The summed E-state index contributed by atoms with van der Waals surface area (Å²) in [7, 11) is 0. The molecule has 0 unspecified atom stereocenters. The molecular weight excluding hydrogens is 316 g/mol. The lowest BCUT2D eigenvalue weighted by Crippen LogP contribution is -2.38. The third-order valence-corrected chi connectivity index (χ3v) is 4.99. The Kier molecular flexibility index (Phi) is 4.29. The zero-order valence-corrected chi connectivity index (χ0v) is 13.5. The smallest absolute Gasteiger partial charge is 0.276 e. The Labute approximate surface area is 137 Å². The molecule has 1 aliphatic heterocycles. The quantitative estimate of drug-likeness (QED) is 0.637. The first kappa shape index (κ1) is 15.5. The van der Waals surface area contributed by atoms with Crippen LogP contribution >= 0.6 is 11.3 Å². The van der Waals surface area contributed by atoms with E-state index in [4.69, 9.17) is 4.74 Å². The molecule has 1 aliphatic rings. The van der Waals surface area contributed by atoms with Crippen LogP contribution in [0.2, 0.25) is 0 Å². The van der Waals surface area contributed by atoms with Crippen molar-refractivity contribution in [2.45, 2.75) is 19.9 Å². The summed E-state index contributed by atoms with van der Waals surface area (Å²) in [6.07, 6.45) is 0.870. The number of benzene rings is 1. The highest BCUT2D eigenvalue weighted by Crippen LogP contribution is 2.27. The van der Waals surface area contributed by atoms with Gasteiger partial charge in [-0.25, -0.2) is 0 Å². The predicted octanol–water partition coefficient (Wildman–Crippen LogP) is 2.93. The Morgan fingerprint density at radius 3 is 3.04 bits per heavy atom. The van der Waals surface area contributed by atoms with Crippen LogP contribution in [0, 0.1) is 17.0 Å². The van der Waals surface area contributed by atoms with E-state index in [1.165, 1.54) is 16.5 Å². The molecule has 0 saturated carbocycles. The molecule has 0 atom stereocenters. The SMILES string of the molecule is Cc1c(OCC(=O)N2CCc3sccc3C2)cccc1[N+](=O)[O-]. The van der Waals surface area contributed by atoms with Gasteiger partial charge in [0.1, 0.15) is 5.75 Å². The molecule has 0 aliphatic carbocycles. The summed E-state index contributed by atoms with van der Waals surface area (Å²) in [4.78, 5) is 25.9. The second-order valence-corrected chi connectivity index (χ2v) is 6.38. The first-order chi connectivity index (χ1) is 11.1. The minimum Gasteiger partial charge on any atom is -0.483 e. The highest BCUT2D eigenvalue weighted by atomic mass is 32.1.